The van der Waals surface area contributed by atoms with Crippen LogP contribution in [0.25, 0.3) is 0 Å². The van der Waals surface area contributed by atoms with Crippen molar-refractivity contribution in [3.05, 3.63) is 35.4 Å². The van der Waals surface area contributed by atoms with Crippen molar-refractivity contribution >= 4 is 0 Å². The molecule has 1 saturated heterocycles. The van der Waals surface area contributed by atoms with Crippen LogP contribution in [0.2, 0.25) is 0 Å². The molecule has 110 valence electrons. The number of aliphatic hydroxyl groups is 1. The Morgan fingerprint density at radius 2 is 2.05 bits per heavy atom. The van der Waals surface area contributed by atoms with Crippen LogP contribution in [-0.4, -0.2) is 41.9 Å². The third kappa shape index (κ3) is 2.62. The first-order valence-electron chi connectivity index (χ1n) is 7.95. The molecule has 1 aliphatic carbocycles. The molecule has 2 unspecified atom stereocenters. The van der Waals surface area contributed by atoms with Gasteiger partial charge in [0, 0.05) is 32.1 Å². The average Bonchev–Trinajstić information content (AvgIpc) is 2.48. The number of rotatable bonds is 2. The van der Waals surface area contributed by atoms with E-state index in [1.807, 2.05) is 0 Å². The smallest absolute Gasteiger partial charge is 0.125 e. The van der Waals surface area contributed by atoms with Crippen molar-refractivity contribution in [2.45, 2.75) is 44.2 Å². The molecule has 1 saturated carbocycles. The number of nitrogens with zero attached hydrogens (tertiary/aromatic N) is 1. The van der Waals surface area contributed by atoms with Crippen LogP contribution in [0.4, 0.5) is 0 Å². The van der Waals surface area contributed by atoms with Gasteiger partial charge in [0.1, 0.15) is 5.72 Å². The van der Waals surface area contributed by atoms with E-state index in [0.29, 0.717) is 0 Å². The molecule has 0 aromatic heterocycles. The number of aryl methyl sites for hydroxylation is 1. The molecule has 0 radical (unpaired) electrons. The van der Waals surface area contributed by atoms with Gasteiger partial charge in [0.25, 0.3) is 0 Å². The molecule has 3 rings (SSSR count). The van der Waals surface area contributed by atoms with Crippen LogP contribution in [0.15, 0.2) is 24.3 Å². The number of benzene rings is 1. The third-order valence-corrected chi connectivity index (χ3v) is 4.95. The minimum atomic E-state index is -0.645. The van der Waals surface area contributed by atoms with Crippen molar-refractivity contribution in [1.82, 2.24) is 10.2 Å². The Morgan fingerprint density at radius 3 is 2.80 bits per heavy atom. The lowest BCUT2D eigenvalue weighted by Gasteiger charge is -2.49. The molecule has 3 nitrogen and oxygen atoms in total. The molecule has 0 spiro atoms. The van der Waals surface area contributed by atoms with Crippen LogP contribution in [0.1, 0.15) is 42.7 Å². The summed E-state index contributed by atoms with van der Waals surface area (Å²) in [5.41, 5.74) is 1.95. The fourth-order valence-corrected chi connectivity index (χ4v) is 3.89. The average molecular weight is 274 g/mol. The summed E-state index contributed by atoms with van der Waals surface area (Å²) >= 11 is 0. The summed E-state index contributed by atoms with van der Waals surface area (Å²) in [6, 6.07) is 8.70. The van der Waals surface area contributed by atoms with Crippen molar-refractivity contribution in [3.8, 4) is 0 Å². The highest BCUT2D eigenvalue weighted by Crippen LogP contribution is 2.43. The van der Waals surface area contributed by atoms with Crippen molar-refractivity contribution in [2.24, 2.45) is 0 Å². The van der Waals surface area contributed by atoms with Crippen LogP contribution in [-0.2, 0) is 0 Å². The quantitative estimate of drug-likeness (QED) is 0.868. The second kappa shape index (κ2) is 5.84. The summed E-state index contributed by atoms with van der Waals surface area (Å²) in [5, 5.41) is 14.8. The van der Waals surface area contributed by atoms with Crippen molar-refractivity contribution in [1.29, 1.82) is 0 Å². The van der Waals surface area contributed by atoms with Gasteiger partial charge in [-0.2, -0.15) is 0 Å². The van der Waals surface area contributed by atoms with Crippen molar-refractivity contribution in [3.63, 3.8) is 0 Å². The Kier molecular flexibility index (Phi) is 4.11. The lowest BCUT2D eigenvalue weighted by Crippen LogP contribution is -2.59. The molecule has 2 atom stereocenters. The van der Waals surface area contributed by atoms with Crippen LogP contribution in [0.5, 0.6) is 0 Å². The van der Waals surface area contributed by atoms with Crippen molar-refractivity contribution < 1.29 is 5.11 Å². The summed E-state index contributed by atoms with van der Waals surface area (Å²) in [6.45, 7) is 6.03. The largest absolute Gasteiger partial charge is 0.375 e. The monoisotopic (exact) mass is 274 g/mol. The summed E-state index contributed by atoms with van der Waals surface area (Å²) in [5.74, 6) is 0.259. The minimum Gasteiger partial charge on any atom is -0.375 e. The molecular formula is C17H26N2O. The van der Waals surface area contributed by atoms with E-state index >= 15 is 0 Å². The molecule has 1 aromatic rings. The van der Waals surface area contributed by atoms with Gasteiger partial charge in [0.2, 0.25) is 0 Å². The molecule has 3 heteroatoms. The van der Waals surface area contributed by atoms with Crippen LogP contribution in [0, 0.1) is 6.92 Å². The standard InChI is InChI=1S/C17H26N2O/c1-14-5-4-6-15(13-14)16-7-2-3-8-17(16,20)19-11-9-18-10-12-19/h4-6,13,16,18,20H,2-3,7-12H2,1H3. The van der Waals surface area contributed by atoms with Gasteiger partial charge < -0.3 is 10.4 Å². The predicted molar refractivity (Wildman–Crippen MR) is 81.8 cm³/mol. The van der Waals surface area contributed by atoms with Gasteiger partial charge >= 0.3 is 0 Å². The maximum Gasteiger partial charge on any atom is 0.125 e. The Hall–Kier alpha value is -0.900. The zero-order valence-electron chi connectivity index (χ0n) is 12.4. The Morgan fingerprint density at radius 1 is 1.25 bits per heavy atom. The maximum atomic E-state index is 11.4. The van der Waals surface area contributed by atoms with Gasteiger partial charge in [0.15, 0.2) is 0 Å². The van der Waals surface area contributed by atoms with Crippen molar-refractivity contribution in [2.75, 3.05) is 26.2 Å². The fraction of sp³-hybridized carbons (Fsp3) is 0.647. The highest BCUT2D eigenvalue weighted by Gasteiger charge is 2.44. The third-order valence-electron chi connectivity index (χ3n) is 4.95. The summed E-state index contributed by atoms with van der Waals surface area (Å²) in [4.78, 5) is 2.32. The van der Waals surface area contributed by atoms with Gasteiger partial charge in [0.05, 0.1) is 0 Å². The topological polar surface area (TPSA) is 35.5 Å². The van der Waals surface area contributed by atoms with E-state index in [0.717, 1.165) is 45.4 Å². The van der Waals surface area contributed by atoms with E-state index in [4.69, 9.17) is 0 Å². The molecule has 2 N–H and O–H groups in total. The maximum absolute atomic E-state index is 11.4. The SMILES string of the molecule is Cc1cccc(C2CCCCC2(O)N2CCNCC2)c1. The Labute approximate surface area is 122 Å². The first-order valence-corrected chi connectivity index (χ1v) is 7.95. The van der Waals surface area contributed by atoms with E-state index in [1.165, 1.54) is 17.5 Å². The lowest BCUT2D eigenvalue weighted by atomic mass is 9.75. The molecule has 1 aliphatic heterocycles. The highest BCUT2D eigenvalue weighted by molar-refractivity contribution is 5.28. The van der Waals surface area contributed by atoms with Gasteiger partial charge in [-0.3, -0.25) is 4.90 Å². The van der Waals surface area contributed by atoms with Gasteiger partial charge in [-0.05, 0) is 31.7 Å². The molecule has 1 aromatic carbocycles. The zero-order valence-corrected chi connectivity index (χ0v) is 12.4. The number of hydrogen-bond acceptors (Lipinski definition) is 3. The second-order valence-electron chi connectivity index (χ2n) is 6.33. The van der Waals surface area contributed by atoms with E-state index in [2.05, 4.69) is 41.4 Å². The zero-order chi connectivity index (χ0) is 14.0. The Bertz CT molecular complexity index is 456. The molecule has 1 heterocycles. The van der Waals surface area contributed by atoms with E-state index in [9.17, 15) is 5.11 Å². The summed E-state index contributed by atoms with van der Waals surface area (Å²) < 4.78 is 0. The molecule has 0 bridgehead atoms. The minimum absolute atomic E-state index is 0.259. The second-order valence-corrected chi connectivity index (χ2v) is 6.33. The molecule has 0 amide bonds. The van der Waals surface area contributed by atoms with Crippen LogP contribution in [0.3, 0.4) is 0 Å². The first kappa shape index (κ1) is 14.1. The summed E-state index contributed by atoms with van der Waals surface area (Å²) in [6.07, 6.45) is 4.38. The number of hydrogen-bond donors (Lipinski definition) is 2. The van der Waals surface area contributed by atoms with Gasteiger partial charge in [-0.1, -0.05) is 36.2 Å². The fourth-order valence-electron chi connectivity index (χ4n) is 3.89. The van der Waals surface area contributed by atoms with Crippen LogP contribution < -0.4 is 5.32 Å². The first-order chi connectivity index (χ1) is 9.70. The Balaban J connectivity index is 1.89. The number of nitrogens with one attached hydrogen (secondary N) is 1. The number of piperazine rings is 1. The van der Waals surface area contributed by atoms with E-state index in [1.54, 1.807) is 0 Å². The lowest BCUT2D eigenvalue weighted by molar-refractivity contribution is -0.150. The highest BCUT2D eigenvalue weighted by atomic mass is 16.3. The molecular weight excluding hydrogens is 248 g/mol. The van der Waals surface area contributed by atoms with E-state index in [-0.39, 0.29) is 5.92 Å². The molecule has 2 aliphatic rings. The summed E-state index contributed by atoms with van der Waals surface area (Å²) in [7, 11) is 0. The van der Waals surface area contributed by atoms with Crippen LogP contribution >= 0.6 is 0 Å². The predicted octanol–water partition coefficient (Wildman–Crippen LogP) is 2.25. The van der Waals surface area contributed by atoms with Gasteiger partial charge in [-0.15, -0.1) is 0 Å². The van der Waals surface area contributed by atoms with Gasteiger partial charge in [-0.25, -0.2) is 0 Å². The molecule has 20 heavy (non-hydrogen) atoms. The van der Waals surface area contributed by atoms with E-state index < -0.39 is 5.72 Å². The molecule has 2 fully saturated rings. The normalized spacial score (nSPS) is 32.2.